The Balaban J connectivity index is 1.25. The van der Waals surface area contributed by atoms with Gasteiger partial charge in [0.2, 0.25) is 5.91 Å². The molecule has 1 amide bonds. The van der Waals surface area contributed by atoms with Crippen molar-refractivity contribution < 1.29 is 9.90 Å². The van der Waals surface area contributed by atoms with Crippen molar-refractivity contribution in [1.82, 2.24) is 29.5 Å². The molecule has 8 nitrogen and oxygen atoms in total. The number of aliphatic hydroxyl groups excluding tert-OH is 1. The number of rotatable bonds is 5. The summed E-state index contributed by atoms with van der Waals surface area (Å²) in [7, 11) is 0. The molecule has 1 saturated heterocycles. The topological polar surface area (TPSA) is 90.3 Å². The monoisotopic (exact) mass is 436 g/mol. The van der Waals surface area contributed by atoms with Crippen molar-refractivity contribution in [2.45, 2.75) is 64.3 Å². The Hall–Kier alpha value is -2.71. The van der Waals surface area contributed by atoms with Crippen molar-refractivity contribution in [3.05, 3.63) is 47.7 Å². The summed E-state index contributed by atoms with van der Waals surface area (Å²) in [5, 5.41) is 20.4. The summed E-state index contributed by atoms with van der Waals surface area (Å²) < 4.78 is 2.19. The van der Waals surface area contributed by atoms with Crippen LogP contribution in [-0.4, -0.2) is 72.3 Å². The van der Waals surface area contributed by atoms with Gasteiger partial charge in [0.05, 0.1) is 12.1 Å². The van der Waals surface area contributed by atoms with E-state index >= 15 is 0 Å². The maximum absolute atomic E-state index is 13.0. The largest absolute Gasteiger partial charge is 0.392 e. The number of aryl methyl sites for hydroxylation is 1. The van der Waals surface area contributed by atoms with Crippen LogP contribution in [0.1, 0.15) is 49.9 Å². The van der Waals surface area contributed by atoms with Gasteiger partial charge in [0.15, 0.2) is 5.82 Å². The molecule has 0 spiro atoms. The maximum atomic E-state index is 13.0. The van der Waals surface area contributed by atoms with Gasteiger partial charge in [-0.15, -0.1) is 10.2 Å². The Morgan fingerprint density at radius 2 is 2.06 bits per heavy atom. The van der Waals surface area contributed by atoms with E-state index in [1.807, 2.05) is 23.2 Å². The summed E-state index contributed by atoms with van der Waals surface area (Å²) in [6.45, 7) is 7.02. The normalized spacial score (nSPS) is 21.9. The highest BCUT2D eigenvalue weighted by atomic mass is 16.3. The fourth-order valence-corrected chi connectivity index (χ4v) is 5.24. The molecule has 5 rings (SSSR count). The van der Waals surface area contributed by atoms with Gasteiger partial charge < -0.3 is 19.6 Å². The second kappa shape index (κ2) is 8.67. The van der Waals surface area contributed by atoms with E-state index in [4.69, 9.17) is 0 Å². The zero-order valence-corrected chi connectivity index (χ0v) is 18.9. The second-order valence-electron chi connectivity index (χ2n) is 9.31. The number of carbonyl (C=O) groups excluding carboxylic acids is 1. The first kappa shape index (κ1) is 21.2. The molecule has 1 fully saturated rings. The average molecular weight is 437 g/mol. The number of hydrogen-bond acceptors (Lipinski definition) is 5. The summed E-state index contributed by atoms with van der Waals surface area (Å²) in [6.07, 6.45) is 4.32. The van der Waals surface area contributed by atoms with Gasteiger partial charge in [0.25, 0.3) is 0 Å². The third kappa shape index (κ3) is 3.93. The standard InChI is InChI=1S/C24H32N6O2/c1-16(2)30-15-18(31)13-21(30)24-27-26-22-9-10-28(11-12-29(22)24)23(32)8-7-17-14-25-20-6-4-3-5-19(17)20/h3-6,14,16,18,21,25,31H,7-13,15H2,1-2H3/t18-,21+/m1/s1. The molecule has 0 unspecified atom stereocenters. The predicted octanol–water partition coefficient (Wildman–Crippen LogP) is 2.29. The molecule has 2 N–H and O–H groups in total. The Bertz CT molecular complexity index is 1100. The fourth-order valence-electron chi connectivity index (χ4n) is 5.24. The lowest BCUT2D eigenvalue weighted by molar-refractivity contribution is -0.131. The first-order valence-electron chi connectivity index (χ1n) is 11.7. The van der Waals surface area contributed by atoms with Gasteiger partial charge in [-0.2, -0.15) is 0 Å². The maximum Gasteiger partial charge on any atom is 0.222 e. The van der Waals surface area contributed by atoms with E-state index in [-0.39, 0.29) is 18.1 Å². The summed E-state index contributed by atoms with van der Waals surface area (Å²) >= 11 is 0. The number of H-pyrrole nitrogens is 1. The van der Waals surface area contributed by atoms with Crippen molar-refractivity contribution in [3.63, 3.8) is 0 Å². The lowest BCUT2D eigenvalue weighted by Gasteiger charge is -2.27. The van der Waals surface area contributed by atoms with E-state index in [0.717, 1.165) is 23.6 Å². The lowest BCUT2D eigenvalue weighted by atomic mass is 10.1. The van der Waals surface area contributed by atoms with Gasteiger partial charge in [-0.3, -0.25) is 9.69 Å². The highest BCUT2D eigenvalue weighted by molar-refractivity contribution is 5.84. The molecule has 2 atom stereocenters. The smallest absolute Gasteiger partial charge is 0.222 e. The predicted molar refractivity (Wildman–Crippen MR) is 122 cm³/mol. The highest BCUT2D eigenvalue weighted by Crippen LogP contribution is 2.33. The summed E-state index contributed by atoms with van der Waals surface area (Å²) in [5.74, 6) is 2.06. The molecule has 3 aromatic rings. The molecule has 2 aliphatic heterocycles. The van der Waals surface area contributed by atoms with Crippen LogP contribution in [0.15, 0.2) is 30.5 Å². The molecule has 8 heteroatoms. The molecular weight excluding hydrogens is 404 g/mol. The first-order chi connectivity index (χ1) is 15.5. The highest BCUT2D eigenvalue weighted by Gasteiger charge is 2.37. The lowest BCUT2D eigenvalue weighted by Crippen LogP contribution is -2.35. The van der Waals surface area contributed by atoms with Crippen LogP contribution in [0.2, 0.25) is 0 Å². The van der Waals surface area contributed by atoms with Crippen LogP contribution in [0.25, 0.3) is 10.9 Å². The van der Waals surface area contributed by atoms with Gasteiger partial charge >= 0.3 is 0 Å². The number of para-hydroxylation sites is 1. The van der Waals surface area contributed by atoms with Crippen molar-refractivity contribution in [1.29, 1.82) is 0 Å². The third-order valence-corrected chi connectivity index (χ3v) is 6.97. The van der Waals surface area contributed by atoms with Crippen LogP contribution in [0.3, 0.4) is 0 Å². The molecule has 170 valence electrons. The van der Waals surface area contributed by atoms with Crippen molar-refractivity contribution in [2.24, 2.45) is 0 Å². The summed E-state index contributed by atoms with van der Waals surface area (Å²) in [6, 6.07) is 8.63. The molecule has 4 heterocycles. The van der Waals surface area contributed by atoms with Gasteiger partial charge in [-0.1, -0.05) is 18.2 Å². The summed E-state index contributed by atoms with van der Waals surface area (Å²) in [4.78, 5) is 20.6. The number of likely N-dealkylation sites (tertiary alicyclic amines) is 1. The molecule has 0 saturated carbocycles. The first-order valence-corrected chi connectivity index (χ1v) is 11.7. The molecule has 2 aliphatic rings. The van der Waals surface area contributed by atoms with Crippen LogP contribution in [-0.2, 0) is 24.2 Å². The molecular formula is C24H32N6O2. The number of aromatic nitrogens is 4. The van der Waals surface area contributed by atoms with Crippen LogP contribution < -0.4 is 0 Å². The average Bonchev–Trinajstić information content (AvgIpc) is 3.45. The molecule has 0 aliphatic carbocycles. The molecule has 0 bridgehead atoms. The number of nitrogens with one attached hydrogen (secondary N) is 1. The number of carbonyl (C=O) groups is 1. The van der Waals surface area contributed by atoms with Crippen LogP contribution in [0.5, 0.6) is 0 Å². The SMILES string of the molecule is CC(C)N1C[C@H](O)C[C@H]1c1nnc2n1CCN(C(=O)CCc1c[nH]c3ccccc13)CC2. The number of aliphatic hydroxyl groups is 1. The van der Waals surface area contributed by atoms with Crippen LogP contribution in [0, 0.1) is 0 Å². The van der Waals surface area contributed by atoms with Gasteiger partial charge in [-0.25, -0.2) is 0 Å². The molecule has 1 aromatic carbocycles. The van der Waals surface area contributed by atoms with Gasteiger partial charge in [0, 0.05) is 62.2 Å². The van der Waals surface area contributed by atoms with E-state index in [1.165, 1.54) is 10.9 Å². The molecule has 0 radical (unpaired) electrons. The minimum absolute atomic E-state index is 0.0790. The fraction of sp³-hybridized carbons (Fsp3) is 0.542. The Labute approximate surface area is 188 Å². The number of β-amino-alcohol motifs (C(OH)–C–C–N with tert-alkyl or cyclic N) is 1. The van der Waals surface area contributed by atoms with E-state index in [0.29, 0.717) is 51.5 Å². The molecule has 32 heavy (non-hydrogen) atoms. The number of fused-ring (bicyclic) bond motifs is 2. The zero-order chi connectivity index (χ0) is 22.2. The van der Waals surface area contributed by atoms with Crippen molar-refractivity contribution in [3.8, 4) is 0 Å². The Morgan fingerprint density at radius 1 is 1.22 bits per heavy atom. The van der Waals surface area contributed by atoms with Crippen molar-refractivity contribution >= 4 is 16.8 Å². The number of hydrogen-bond donors (Lipinski definition) is 2. The van der Waals surface area contributed by atoms with E-state index in [1.54, 1.807) is 0 Å². The third-order valence-electron chi connectivity index (χ3n) is 6.97. The minimum Gasteiger partial charge on any atom is -0.392 e. The van der Waals surface area contributed by atoms with Gasteiger partial charge in [0.1, 0.15) is 5.82 Å². The van der Waals surface area contributed by atoms with E-state index < -0.39 is 0 Å². The van der Waals surface area contributed by atoms with Gasteiger partial charge in [-0.05, 0) is 38.3 Å². The number of amides is 1. The zero-order valence-electron chi connectivity index (χ0n) is 18.9. The Kier molecular flexibility index (Phi) is 5.73. The van der Waals surface area contributed by atoms with E-state index in [9.17, 15) is 9.90 Å². The van der Waals surface area contributed by atoms with Crippen LogP contribution in [0.4, 0.5) is 0 Å². The number of aromatic amines is 1. The van der Waals surface area contributed by atoms with E-state index in [2.05, 4.69) is 50.6 Å². The number of nitrogens with zero attached hydrogens (tertiary/aromatic N) is 5. The quantitative estimate of drug-likeness (QED) is 0.641. The second-order valence-corrected chi connectivity index (χ2v) is 9.31. The minimum atomic E-state index is -0.330. The van der Waals surface area contributed by atoms with Crippen molar-refractivity contribution in [2.75, 3.05) is 19.6 Å². The molecule has 2 aromatic heterocycles. The van der Waals surface area contributed by atoms with Crippen LogP contribution >= 0.6 is 0 Å². The number of benzene rings is 1. The Morgan fingerprint density at radius 3 is 2.91 bits per heavy atom. The summed E-state index contributed by atoms with van der Waals surface area (Å²) in [5.41, 5.74) is 2.31.